The maximum absolute atomic E-state index is 11.7. The van der Waals surface area contributed by atoms with Gasteiger partial charge in [0.15, 0.2) is 5.96 Å². The molecule has 5 heteroatoms. The summed E-state index contributed by atoms with van der Waals surface area (Å²) in [6.07, 6.45) is 0.408. The number of benzene rings is 1. The van der Waals surface area contributed by atoms with E-state index in [1.807, 2.05) is 33.9 Å². The lowest BCUT2D eigenvalue weighted by Crippen LogP contribution is -2.39. The van der Waals surface area contributed by atoms with Crippen molar-refractivity contribution in [1.82, 2.24) is 15.5 Å². The third-order valence-corrected chi connectivity index (χ3v) is 3.42. The highest BCUT2D eigenvalue weighted by molar-refractivity contribution is 5.80. The van der Waals surface area contributed by atoms with E-state index in [0.717, 1.165) is 19.0 Å². The predicted octanol–water partition coefficient (Wildman–Crippen LogP) is 2.31. The van der Waals surface area contributed by atoms with Crippen LogP contribution >= 0.6 is 0 Å². The van der Waals surface area contributed by atoms with E-state index in [2.05, 4.69) is 45.6 Å². The zero-order valence-electron chi connectivity index (χ0n) is 15.0. The Morgan fingerprint density at radius 3 is 2.61 bits per heavy atom. The number of hydrogen-bond acceptors (Lipinski definition) is 2. The van der Waals surface area contributed by atoms with Gasteiger partial charge in [-0.2, -0.15) is 0 Å². The molecule has 1 rings (SSSR count). The second kappa shape index (κ2) is 9.87. The number of hydrogen-bond donors (Lipinski definition) is 2. The molecule has 128 valence electrons. The van der Waals surface area contributed by atoms with Crippen molar-refractivity contribution in [3.8, 4) is 0 Å². The minimum absolute atomic E-state index is 0.0427. The third-order valence-electron chi connectivity index (χ3n) is 3.42. The molecule has 0 aliphatic rings. The first kappa shape index (κ1) is 19.0. The van der Waals surface area contributed by atoms with E-state index in [1.165, 1.54) is 11.1 Å². The van der Waals surface area contributed by atoms with Crippen LogP contribution in [-0.2, 0) is 11.3 Å². The highest BCUT2D eigenvalue weighted by Gasteiger charge is 2.08. The van der Waals surface area contributed by atoms with Gasteiger partial charge in [0.1, 0.15) is 0 Å². The van der Waals surface area contributed by atoms with Crippen LogP contribution in [0.3, 0.4) is 0 Å². The first-order valence-electron chi connectivity index (χ1n) is 8.27. The zero-order chi connectivity index (χ0) is 17.2. The average Bonchev–Trinajstić information content (AvgIpc) is 2.48. The van der Waals surface area contributed by atoms with Gasteiger partial charge in [0.05, 0.1) is 6.54 Å². The van der Waals surface area contributed by atoms with Crippen molar-refractivity contribution < 1.29 is 4.79 Å². The van der Waals surface area contributed by atoms with E-state index in [-0.39, 0.29) is 11.9 Å². The summed E-state index contributed by atoms with van der Waals surface area (Å²) in [6.45, 7) is 10.2. The fourth-order valence-corrected chi connectivity index (χ4v) is 2.25. The molecule has 1 aromatic rings. The van der Waals surface area contributed by atoms with Crippen molar-refractivity contribution in [2.24, 2.45) is 4.99 Å². The molecular weight excluding hydrogens is 288 g/mol. The number of carbonyl (C=O) groups excluding carboxylic acids is 1. The van der Waals surface area contributed by atoms with Crippen LogP contribution in [0.15, 0.2) is 29.3 Å². The quantitative estimate of drug-likeness (QED) is 0.599. The van der Waals surface area contributed by atoms with Crippen molar-refractivity contribution >= 4 is 11.9 Å². The van der Waals surface area contributed by atoms with Crippen molar-refractivity contribution in [3.05, 3.63) is 35.4 Å². The van der Waals surface area contributed by atoms with Crippen LogP contribution in [0.25, 0.3) is 0 Å². The lowest BCUT2D eigenvalue weighted by atomic mass is 10.1. The molecule has 5 nitrogen and oxygen atoms in total. The molecule has 0 spiro atoms. The van der Waals surface area contributed by atoms with E-state index in [0.29, 0.717) is 13.0 Å². The molecule has 0 radical (unpaired) electrons. The Bertz CT molecular complexity index is 526. The number of aryl methyl sites for hydroxylation is 1. The Labute approximate surface area is 140 Å². The summed E-state index contributed by atoms with van der Waals surface area (Å²) >= 11 is 0. The Balaban J connectivity index is 2.63. The summed E-state index contributed by atoms with van der Waals surface area (Å²) in [6, 6.07) is 8.51. The first-order valence-corrected chi connectivity index (χ1v) is 8.27. The lowest BCUT2D eigenvalue weighted by Gasteiger charge is -2.23. The van der Waals surface area contributed by atoms with Gasteiger partial charge in [0, 0.05) is 32.6 Å². The van der Waals surface area contributed by atoms with Gasteiger partial charge < -0.3 is 15.5 Å². The average molecular weight is 318 g/mol. The Hall–Kier alpha value is -2.04. The van der Waals surface area contributed by atoms with Crippen LogP contribution in [0.5, 0.6) is 0 Å². The van der Waals surface area contributed by atoms with Crippen LogP contribution in [0, 0.1) is 6.92 Å². The summed E-state index contributed by atoms with van der Waals surface area (Å²) in [4.78, 5) is 18.3. The number of guanidine groups is 1. The minimum Gasteiger partial charge on any atom is -0.357 e. The van der Waals surface area contributed by atoms with Crippen LogP contribution in [0.2, 0.25) is 0 Å². The molecule has 0 saturated carbocycles. The molecule has 0 saturated heterocycles. The number of aliphatic imine (C=N–C) groups is 1. The smallest absolute Gasteiger partial charge is 0.222 e. The summed E-state index contributed by atoms with van der Waals surface area (Å²) in [5.74, 6) is 0.870. The van der Waals surface area contributed by atoms with Gasteiger partial charge in [-0.3, -0.25) is 9.79 Å². The molecule has 1 aromatic carbocycles. The maximum atomic E-state index is 11.7. The standard InChI is InChI=1S/C18H30N4O/c1-6-19-18(20-12-11-17(23)21-14(2)3)22(5)13-16-10-8-7-9-15(16)4/h7-10,14H,6,11-13H2,1-5H3,(H,19,20)(H,21,23). The SMILES string of the molecule is CCNC(=NCCC(=O)NC(C)C)N(C)Cc1ccccc1C. The number of carbonyl (C=O) groups is 1. The molecule has 0 atom stereocenters. The van der Waals surface area contributed by atoms with Crippen molar-refractivity contribution in [1.29, 1.82) is 0 Å². The molecule has 0 aliphatic heterocycles. The van der Waals surface area contributed by atoms with Crippen LogP contribution in [0.1, 0.15) is 38.3 Å². The molecule has 0 heterocycles. The fraction of sp³-hybridized carbons (Fsp3) is 0.556. The summed E-state index contributed by atoms with van der Waals surface area (Å²) < 4.78 is 0. The van der Waals surface area contributed by atoms with Gasteiger partial charge in [0.2, 0.25) is 5.91 Å². The summed E-state index contributed by atoms with van der Waals surface area (Å²) in [7, 11) is 2.02. The molecule has 0 unspecified atom stereocenters. The second-order valence-corrected chi connectivity index (χ2v) is 5.99. The summed E-state index contributed by atoms with van der Waals surface area (Å²) in [5, 5.41) is 6.16. The molecular formula is C18H30N4O. The third kappa shape index (κ3) is 7.17. The highest BCUT2D eigenvalue weighted by Crippen LogP contribution is 2.09. The van der Waals surface area contributed by atoms with Crippen molar-refractivity contribution in [2.75, 3.05) is 20.1 Å². The number of amides is 1. The first-order chi connectivity index (χ1) is 10.9. The van der Waals surface area contributed by atoms with Gasteiger partial charge >= 0.3 is 0 Å². The van der Waals surface area contributed by atoms with E-state index in [1.54, 1.807) is 0 Å². The predicted molar refractivity (Wildman–Crippen MR) is 96.5 cm³/mol. The van der Waals surface area contributed by atoms with E-state index in [9.17, 15) is 4.79 Å². The van der Waals surface area contributed by atoms with Crippen molar-refractivity contribution in [2.45, 2.75) is 46.7 Å². The number of nitrogens with zero attached hydrogens (tertiary/aromatic N) is 2. The maximum Gasteiger partial charge on any atom is 0.222 e. The molecule has 0 aromatic heterocycles. The Morgan fingerprint density at radius 1 is 1.30 bits per heavy atom. The highest BCUT2D eigenvalue weighted by atomic mass is 16.1. The van der Waals surface area contributed by atoms with Gasteiger partial charge in [-0.05, 0) is 38.8 Å². The zero-order valence-corrected chi connectivity index (χ0v) is 15.0. The number of rotatable bonds is 7. The van der Waals surface area contributed by atoms with Gasteiger partial charge in [-0.25, -0.2) is 0 Å². The largest absolute Gasteiger partial charge is 0.357 e. The number of nitrogens with one attached hydrogen (secondary N) is 2. The second-order valence-electron chi connectivity index (χ2n) is 5.99. The van der Waals surface area contributed by atoms with E-state index in [4.69, 9.17) is 0 Å². The topological polar surface area (TPSA) is 56.7 Å². The molecule has 23 heavy (non-hydrogen) atoms. The normalized spacial score (nSPS) is 11.5. The van der Waals surface area contributed by atoms with E-state index < -0.39 is 0 Å². The van der Waals surface area contributed by atoms with Crippen LogP contribution in [-0.4, -0.2) is 42.9 Å². The van der Waals surface area contributed by atoms with Crippen molar-refractivity contribution in [3.63, 3.8) is 0 Å². The fourth-order valence-electron chi connectivity index (χ4n) is 2.25. The Morgan fingerprint density at radius 2 is 2.00 bits per heavy atom. The van der Waals surface area contributed by atoms with Gasteiger partial charge in [-0.15, -0.1) is 0 Å². The molecule has 1 amide bonds. The molecule has 0 fully saturated rings. The van der Waals surface area contributed by atoms with Gasteiger partial charge in [-0.1, -0.05) is 24.3 Å². The lowest BCUT2D eigenvalue weighted by molar-refractivity contribution is -0.121. The molecule has 2 N–H and O–H groups in total. The van der Waals surface area contributed by atoms with Crippen LogP contribution < -0.4 is 10.6 Å². The van der Waals surface area contributed by atoms with Gasteiger partial charge in [0.25, 0.3) is 0 Å². The Kier molecular flexibility index (Phi) is 8.16. The van der Waals surface area contributed by atoms with E-state index >= 15 is 0 Å². The molecule has 0 bridgehead atoms. The van der Waals surface area contributed by atoms with Crippen LogP contribution in [0.4, 0.5) is 0 Å². The summed E-state index contributed by atoms with van der Waals surface area (Å²) in [5.41, 5.74) is 2.55. The molecule has 0 aliphatic carbocycles. The minimum atomic E-state index is 0.0427. The monoisotopic (exact) mass is 318 g/mol.